The van der Waals surface area contributed by atoms with E-state index in [1.54, 1.807) is 0 Å². The van der Waals surface area contributed by atoms with Crippen LogP contribution in [-0.4, -0.2) is 53.1 Å². The number of aryl methyl sites for hydroxylation is 1. The number of benzene rings is 2. The van der Waals surface area contributed by atoms with Crippen molar-refractivity contribution in [1.29, 1.82) is 0 Å². The number of aromatic nitrogens is 2. The third-order valence-corrected chi connectivity index (χ3v) is 6.81. The Morgan fingerprint density at radius 3 is 2.24 bits per heavy atom. The quantitative estimate of drug-likeness (QED) is 0.632. The maximum absolute atomic E-state index is 12.7. The van der Waals surface area contributed by atoms with Crippen LogP contribution in [0.5, 0.6) is 0 Å². The van der Waals surface area contributed by atoms with E-state index in [4.69, 9.17) is 0 Å². The van der Waals surface area contributed by atoms with E-state index in [-0.39, 0.29) is 17.7 Å². The molecule has 3 aromatic rings. The minimum Gasteiger partial charge on any atom is -0.353 e. The molecule has 1 aromatic heterocycles. The van der Waals surface area contributed by atoms with Crippen LogP contribution in [0.25, 0.3) is 0 Å². The van der Waals surface area contributed by atoms with Crippen LogP contribution < -0.4 is 10.2 Å². The van der Waals surface area contributed by atoms with Gasteiger partial charge in [-0.3, -0.25) is 9.59 Å². The van der Waals surface area contributed by atoms with Gasteiger partial charge in [-0.05, 0) is 67.6 Å². The van der Waals surface area contributed by atoms with Gasteiger partial charge in [0, 0.05) is 37.4 Å². The summed E-state index contributed by atoms with van der Waals surface area (Å²) in [6.07, 6.45) is 1.90. The Labute approximate surface area is 199 Å². The van der Waals surface area contributed by atoms with Crippen molar-refractivity contribution in [1.82, 2.24) is 15.1 Å². The average molecular weight is 456 g/mol. The molecule has 5 rings (SSSR count). The van der Waals surface area contributed by atoms with Crippen molar-refractivity contribution in [2.45, 2.75) is 25.7 Å². The summed E-state index contributed by atoms with van der Waals surface area (Å²) in [7, 11) is 0. The summed E-state index contributed by atoms with van der Waals surface area (Å²) < 4.78 is 0. The predicted molar refractivity (Wildman–Crippen MR) is 132 cm³/mol. The molecule has 2 amide bonds. The van der Waals surface area contributed by atoms with Gasteiger partial charge in [-0.25, -0.2) is 0 Å². The molecule has 2 fully saturated rings. The number of piperidine rings is 1. The molecule has 174 valence electrons. The van der Waals surface area contributed by atoms with E-state index >= 15 is 0 Å². The van der Waals surface area contributed by atoms with Crippen LogP contribution in [0.15, 0.2) is 66.7 Å². The highest BCUT2D eigenvalue weighted by Crippen LogP contribution is 2.30. The number of carbonyl (C=O) groups excluding carboxylic acids is 2. The summed E-state index contributed by atoms with van der Waals surface area (Å²) in [4.78, 5) is 29.3. The van der Waals surface area contributed by atoms with Gasteiger partial charge in [0.15, 0.2) is 5.82 Å². The molecule has 0 atom stereocenters. The molecule has 0 unspecified atom stereocenters. The van der Waals surface area contributed by atoms with Gasteiger partial charge in [0.05, 0.1) is 11.6 Å². The fraction of sp³-hybridized carbons (Fsp3) is 0.333. The van der Waals surface area contributed by atoms with Crippen LogP contribution in [0.3, 0.4) is 0 Å². The van der Waals surface area contributed by atoms with E-state index in [1.165, 1.54) is 5.56 Å². The molecular formula is C27H29N5O2. The summed E-state index contributed by atoms with van der Waals surface area (Å²) in [5, 5.41) is 11.3. The van der Waals surface area contributed by atoms with Gasteiger partial charge in [0.2, 0.25) is 5.91 Å². The van der Waals surface area contributed by atoms with E-state index in [9.17, 15) is 9.59 Å². The fourth-order valence-electron chi connectivity index (χ4n) is 4.65. The fourth-order valence-corrected chi connectivity index (χ4v) is 4.65. The third-order valence-electron chi connectivity index (χ3n) is 6.81. The Balaban J connectivity index is 1.10. The van der Waals surface area contributed by atoms with Crippen molar-refractivity contribution >= 4 is 23.3 Å². The zero-order valence-corrected chi connectivity index (χ0v) is 19.4. The van der Waals surface area contributed by atoms with Crippen molar-refractivity contribution in [3.8, 4) is 0 Å². The molecule has 0 radical (unpaired) electrons. The highest BCUT2D eigenvalue weighted by Gasteiger charge is 2.33. The topological polar surface area (TPSA) is 78.4 Å². The lowest BCUT2D eigenvalue weighted by Gasteiger charge is -2.38. The van der Waals surface area contributed by atoms with E-state index in [0.29, 0.717) is 19.0 Å². The highest BCUT2D eigenvalue weighted by molar-refractivity contribution is 5.95. The van der Waals surface area contributed by atoms with Crippen LogP contribution in [0.2, 0.25) is 0 Å². The number of amides is 2. The normalized spacial score (nSPS) is 16.7. The zero-order valence-electron chi connectivity index (χ0n) is 19.4. The SMILES string of the molecule is Cc1ccc(N2CC(C(=O)Nc3ccc(C4CCN(C(=O)c5ccccc5)CC4)cc3)C2)nn1. The van der Waals surface area contributed by atoms with Gasteiger partial charge < -0.3 is 15.1 Å². The van der Waals surface area contributed by atoms with Crippen LogP contribution >= 0.6 is 0 Å². The van der Waals surface area contributed by atoms with Gasteiger partial charge in [-0.15, -0.1) is 5.10 Å². The number of hydrogen-bond acceptors (Lipinski definition) is 5. The monoisotopic (exact) mass is 455 g/mol. The number of nitrogens with zero attached hydrogens (tertiary/aromatic N) is 4. The first-order valence-electron chi connectivity index (χ1n) is 11.9. The van der Waals surface area contributed by atoms with Crippen molar-refractivity contribution in [2.24, 2.45) is 5.92 Å². The van der Waals surface area contributed by atoms with Crippen molar-refractivity contribution < 1.29 is 9.59 Å². The molecule has 0 aliphatic carbocycles. The van der Waals surface area contributed by atoms with Crippen LogP contribution in [0, 0.1) is 12.8 Å². The van der Waals surface area contributed by atoms with Crippen molar-refractivity contribution in [2.75, 3.05) is 36.4 Å². The Morgan fingerprint density at radius 1 is 0.882 bits per heavy atom. The molecule has 2 aromatic carbocycles. The van der Waals surface area contributed by atoms with E-state index < -0.39 is 0 Å². The number of hydrogen-bond donors (Lipinski definition) is 1. The summed E-state index contributed by atoms with van der Waals surface area (Å²) in [6, 6.07) is 21.5. The highest BCUT2D eigenvalue weighted by atomic mass is 16.2. The number of likely N-dealkylation sites (tertiary alicyclic amines) is 1. The maximum atomic E-state index is 12.7. The van der Waals surface area contributed by atoms with Crippen molar-refractivity contribution in [3.05, 3.63) is 83.6 Å². The van der Waals surface area contributed by atoms with Gasteiger partial charge in [0.25, 0.3) is 5.91 Å². The number of nitrogens with one attached hydrogen (secondary N) is 1. The molecule has 2 aliphatic rings. The smallest absolute Gasteiger partial charge is 0.253 e. The number of anilines is 2. The summed E-state index contributed by atoms with van der Waals surface area (Å²) in [5.41, 5.74) is 3.72. The number of carbonyl (C=O) groups is 2. The number of rotatable bonds is 5. The zero-order chi connectivity index (χ0) is 23.5. The standard InChI is InChI=1S/C27H29N5O2/c1-19-7-12-25(30-29-19)32-17-23(18-32)26(33)28-24-10-8-20(9-11-24)21-13-15-31(16-14-21)27(34)22-5-3-2-4-6-22/h2-12,21,23H,13-18H2,1H3,(H,28,33). The summed E-state index contributed by atoms with van der Waals surface area (Å²) in [5.74, 6) is 1.35. The van der Waals surface area contributed by atoms with E-state index in [2.05, 4.69) is 32.5 Å². The molecule has 7 heteroatoms. The molecule has 0 saturated carbocycles. The second-order valence-electron chi connectivity index (χ2n) is 9.18. The second-order valence-corrected chi connectivity index (χ2v) is 9.18. The Hall–Kier alpha value is -3.74. The molecule has 2 aliphatic heterocycles. The van der Waals surface area contributed by atoms with Crippen LogP contribution in [0.1, 0.15) is 40.4 Å². The van der Waals surface area contributed by atoms with Gasteiger partial charge >= 0.3 is 0 Å². The van der Waals surface area contributed by atoms with Gasteiger partial charge in [0.1, 0.15) is 0 Å². The summed E-state index contributed by atoms with van der Waals surface area (Å²) in [6.45, 7) is 4.75. The molecular weight excluding hydrogens is 426 g/mol. The molecule has 7 nitrogen and oxygen atoms in total. The predicted octanol–water partition coefficient (Wildman–Crippen LogP) is 3.88. The molecule has 0 bridgehead atoms. The first-order valence-corrected chi connectivity index (χ1v) is 11.9. The molecule has 0 spiro atoms. The molecule has 2 saturated heterocycles. The van der Waals surface area contributed by atoms with Gasteiger partial charge in [-0.2, -0.15) is 5.10 Å². The molecule has 34 heavy (non-hydrogen) atoms. The Morgan fingerprint density at radius 2 is 1.59 bits per heavy atom. The molecule has 1 N–H and O–H groups in total. The minimum absolute atomic E-state index is 0.0387. The lowest BCUT2D eigenvalue weighted by Crippen LogP contribution is -2.52. The lowest BCUT2D eigenvalue weighted by molar-refractivity contribution is -0.120. The minimum atomic E-state index is -0.0470. The van der Waals surface area contributed by atoms with Crippen molar-refractivity contribution in [3.63, 3.8) is 0 Å². The van der Waals surface area contributed by atoms with E-state index in [1.807, 2.05) is 66.4 Å². The maximum Gasteiger partial charge on any atom is 0.253 e. The van der Waals surface area contributed by atoms with E-state index in [0.717, 1.165) is 48.7 Å². The second kappa shape index (κ2) is 9.63. The largest absolute Gasteiger partial charge is 0.353 e. The first kappa shape index (κ1) is 22.1. The van der Waals surface area contributed by atoms with Crippen LogP contribution in [-0.2, 0) is 4.79 Å². The molecule has 3 heterocycles. The Bertz CT molecular complexity index is 1130. The average Bonchev–Trinajstić information content (AvgIpc) is 2.85. The van der Waals surface area contributed by atoms with Crippen LogP contribution in [0.4, 0.5) is 11.5 Å². The lowest BCUT2D eigenvalue weighted by atomic mass is 9.89. The Kier molecular flexibility index (Phi) is 6.25. The first-order chi connectivity index (χ1) is 16.6. The van der Waals surface area contributed by atoms with Gasteiger partial charge in [-0.1, -0.05) is 30.3 Å². The summed E-state index contributed by atoms with van der Waals surface area (Å²) >= 11 is 0. The third kappa shape index (κ3) is 4.78.